The van der Waals surface area contributed by atoms with Crippen molar-refractivity contribution in [2.75, 3.05) is 50.8 Å². The zero-order chi connectivity index (χ0) is 27.4. The summed E-state index contributed by atoms with van der Waals surface area (Å²) < 4.78 is 11.7. The summed E-state index contributed by atoms with van der Waals surface area (Å²) in [6.07, 6.45) is -1.56. The maximum atomic E-state index is 14.6. The molecule has 0 saturated carbocycles. The standard InChI is InChI=1S/C28H34N4O7/c33-25(29-37)24-17-23(39-22-9-5-2-6-10-22)18-32(27(35)36)28(24,20-11-16-38-19-20)26(34)31-14-12-30(13-15-31)21-7-3-1-4-8-21/h1-10,20,23-24,37H,11-19H2,(H,29,33)(H,35,36)/t20?,23-,24+,28-/m0/s1. The second kappa shape index (κ2) is 11.5. The third kappa shape index (κ3) is 5.11. The van der Waals surface area contributed by atoms with E-state index in [0.29, 0.717) is 45.0 Å². The van der Waals surface area contributed by atoms with Gasteiger partial charge in [-0.3, -0.25) is 19.7 Å². The van der Waals surface area contributed by atoms with Crippen LogP contribution in [0.5, 0.6) is 5.75 Å². The summed E-state index contributed by atoms with van der Waals surface area (Å²) >= 11 is 0. The Kier molecular flexibility index (Phi) is 7.89. The lowest BCUT2D eigenvalue weighted by molar-refractivity contribution is -0.169. The van der Waals surface area contributed by atoms with Crippen LogP contribution in [-0.2, 0) is 14.3 Å². The monoisotopic (exact) mass is 538 g/mol. The van der Waals surface area contributed by atoms with Crippen molar-refractivity contribution in [3.63, 3.8) is 0 Å². The SMILES string of the molecule is O=C(NO)[C@H]1C[C@H](Oc2ccccc2)CN(C(=O)O)[C@@]1(C(=O)N1CCN(c2ccccc2)CC1)C1CCOC1. The van der Waals surface area contributed by atoms with Gasteiger partial charge in [-0.15, -0.1) is 0 Å². The minimum atomic E-state index is -1.75. The molecule has 2 aromatic rings. The topological polar surface area (TPSA) is 132 Å². The molecule has 3 fully saturated rings. The smallest absolute Gasteiger partial charge is 0.408 e. The van der Waals surface area contributed by atoms with Crippen molar-refractivity contribution in [2.24, 2.45) is 11.8 Å². The van der Waals surface area contributed by atoms with Gasteiger partial charge in [0.05, 0.1) is 19.1 Å². The zero-order valence-corrected chi connectivity index (χ0v) is 21.6. The van der Waals surface area contributed by atoms with Crippen LogP contribution in [-0.4, -0.2) is 95.6 Å². The van der Waals surface area contributed by atoms with E-state index in [9.17, 15) is 24.7 Å². The fraction of sp³-hybridized carbons (Fsp3) is 0.464. The first-order chi connectivity index (χ1) is 18.9. The van der Waals surface area contributed by atoms with Crippen LogP contribution in [0, 0.1) is 11.8 Å². The quantitative estimate of drug-likeness (QED) is 0.376. The first kappa shape index (κ1) is 26.8. The molecule has 4 atom stereocenters. The number of hydrogen-bond acceptors (Lipinski definition) is 7. The Hall–Kier alpha value is -3.83. The normalized spacial score (nSPS) is 27.2. The number of piperidine rings is 1. The molecule has 0 spiro atoms. The number of benzene rings is 2. The second-order valence-corrected chi connectivity index (χ2v) is 10.2. The second-order valence-electron chi connectivity index (χ2n) is 10.2. The van der Waals surface area contributed by atoms with E-state index >= 15 is 0 Å². The number of likely N-dealkylation sites (tertiary alicyclic amines) is 1. The maximum Gasteiger partial charge on any atom is 0.408 e. The van der Waals surface area contributed by atoms with E-state index in [1.54, 1.807) is 34.6 Å². The first-order valence-electron chi connectivity index (χ1n) is 13.3. The first-order valence-corrected chi connectivity index (χ1v) is 13.3. The molecule has 2 aromatic carbocycles. The number of carbonyl (C=O) groups is 3. The van der Waals surface area contributed by atoms with Gasteiger partial charge in [0.25, 0.3) is 0 Å². The van der Waals surface area contributed by atoms with Crippen molar-refractivity contribution in [1.82, 2.24) is 15.3 Å². The molecule has 3 amide bonds. The van der Waals surface area contributed by atoms with E-state index in [2.05, 4.69) is 4.90 Å². The molecule has 3 saturated heterocycles. The third-order valence-electron chi connectivity index (χ3n) is 8.15. The van der Waals surface area contributed by atoms with Crippen molar-refractivity contribution in [1.29, 1.82) is 0 Å². The summed E-state index contributed by atoms with van der Waals surface area (Å²) in [5.74, 6) is -2.47. The van der Waals surface area contributed by atoms with Crippen LogP contribution < -0.4 is 15.1 Å². The number of carboxylic acid groups (broad SMARTS) is 1. The van der Waals surface area contributed by atoms with Crippen LogP contribution in [0.4, 0.5) is 10.5 Å². The molecule has 208 valence electrons. The number of hydroxylamine groups is 1. The highest BCUT2D eigenvalue weighted by Crippen LogP contribution is 2.45. The molecule has 3 aliphatic rings. The van der Waals surface area contributed by atoms with Crippen molar-refractivity contribution < 1.29 is 34.2 Å². The molecule has 1 unspecified atom stereocenters. The minimum absolute atomic E-state index is 0.0529. The molecule has 39 heavy (non-hydrogen) atoms. The minimum Gasteiger partial charge on any atom is -0.489 e. The number of rotatable bonds is 6. The molecule has 3 N–H and O–H groups in total. The van der Waals surface area contributed by atoms with E-state index in [1.165, 1.54) is 0 Å². The Morgan fingerprint density at radius 3 is 2.23 bits per heavy atom. The van der Waals surface area contributed by atoms with Crippen LogP contribution in [0.25, 0.3) is 0 Å². The summed E-state index contributed by atoms with van der Waals surface area (Å²) in [6.45, 7) is 2.26. The Morgan fingerprint density at radius 1 is 0.974 bits per heavy atom. The predicted molar refractivity (Wildman–Crippen MR) is 141 cm³/mol. The van der Waals surface area contributed by atoms with Gasteiger partial charge in [-0.1, -0.05) is 36.4 Å². The largest absolute Gasteiger partial charge is 0.489 e. The summed E-state index contributed by atoms with van der Waals surface area (Å²) in [5.41, 5.74) is 1.01. The predicted octanol–water partition coefficient (Wildman–Crippen LogP) is 2.06. The molecule has 11 nitrogen and oxygen atoms in total. The van der Waals surface area contributed by atoms with E-state index in [0.717, 1.165) is 10.6 Å². The van der Waals surface area contributed by atoms with Crippen molar-refractivity contribution in [2.45, 2.75) is 24.5 Å². The number of carbonyl (C=O) groups excluding carboxylic acids is 2. The Bertz CT molecular complexity index is 1150. The fourth-order valence-corrected chi connectivity index (χ4v) is 6.34. The van der Waals surface area contributed by atoms with Gasteiger partial charge in [-0.2, -0.15) is 0 Å². The Labute approximate surface area is 226 Å². The zero-order valence-electron chi connectivity index (χ0n) is 21.6. The molecular formula is C28H34N4O7. The highest BCUT2D eigenvalue weighted by Gasteiger charge is 2.64. The van der Waals surface area contributed by atoms with Crippen LogP contribution in [0.2, 0.25) is 0 Å². The highest BCUT2D eigenvalue weighted by molar-refractivity contribution is 5.97. The Balaban J connectivity index is 1.48. The van der Waals surface area contributed by atoms with Crippen molar-refractivity contribution >= 4 is 23.6 Å². The summed E-state index contributed by atoms with van der Waals surface area (Å²) in [6, 6.07) is 18.8. The fourth-order valence-electron chi connectivity index (χ4n) is 6.34. The Morgan fingerprint density at radius 2 is 1.64 bits per heavy atom. The summed E-state index contributed by atoms with van der Waals surface area (Å²) in [4.78, 5) is 45.6. The number of anilines is 1. The number of para-hydroxylation sites is 2. The molecule has 3 heterocycles. The number of nitrogens with zero attached hydrogens (tertiary/aromatic N) is 3. The average Bonchev–Trinajstić information content (AvgIpc) is 3.52. The number of hydrogen-bond donors (Lipinski definition) is 3. The molecule has 5 rings (SSSR count). The highest BCUT2D eigenvalue weighted by atomic mass is 16.5. The van der Waals surface area contributed by atoms with Gasteiger partial charge in [0.1, 0.15) is 17.4 Å². The maximum absolute atomic E-state index is 14.6. The molecule has 11 heteroatoms. The number of piperazine rings is 1. The van der Waals surface area contributed by atoms with Gasteiger partial charge >= 0.3 is 6.09 Å². The summed E-state index contributed by atoms with van der Waals surface area (Å²) in [7, 11) is 0. The van der Waals surface area contributed by atoms with E-state index in [-0.39, 0.29) is 19.6 Å². The van der Waals surface area contributed by atoms with Gasteiger partial charge in [-0.25, -0.2) is 10.3 Å². The van der Waals surface area contributed by atoms with Crippen molar-refractivity contribution in [3.05, 3.63) is 60.7 Å². The van der Waals surface area contributed by atoms with Crippen LogP contribution >= 0.6 is 0 Å². The molecular weight excluding hydrogens is 504 g/mol. The van der Waals surface area contributed by atoms with E-state index in [4.69, 9.17) is 9.47 Å². The van der Waals surface area contributed by atoms with Gasteiger partial charge in [-0.05, 0) is 30.7 Å². The van der Waals surface area contributed by atoms with Crippen LogP contribution in [0.3, 0.4) is 0 Å². The molecule has 0 aromatic heterocycles. The lowest BCUT2D eigenvalue weighted by Gasteiger charge is -2.54. The molecule has 0 aliphatic carbocycles. The van der Waals surface area contributed by atoms with Crippen molar-refractivity contribution in [3.8, 4) is 5.75 Å². The van der Waals surface area contributed by atoms with E-state index in [1.807, 2.05) is 36.4 Å². The summed E-state index contributed by atoms with van der Waals surface area (Å²) in [5, 5.41) is 20.2. The lowest BCUT2D eigenvalue weighted by Crippen LogP contribution is -2.75. The molecule has 0 bridgehead atoms. The lowest BCUT2D eigenvalue weighted by atomic mass is 9.66. The number of ether oxygens (including phenoxy) is 2. The average molecular weight is 539 g/mol. The van der Waals surface area contributed by atoms with Crippen LogP contribution in [0.1, 0.15) is 12.8 Å². The third-order valence-corrected chi connectivity index (χ3v) is 8.15. The number of nitrogens with one attached hydrogen (secondary N) is 1. The van der Waals surface area contributed by atoms with Crippen LogP contribution in [0.15, 0.2) is 60.7 Å². The van der Waals surface area contributed by atoms with Gasteiger partial charge in [0, 0.05) is 50.8 Å². The van der Waals surface area contributed by atoms with Gasteiger partial charge in [0.2, 0.25) is 11.8 Å². The van der Waals surface area contributed by atoms with Gasteiger partial charge < -0.3 is 24.4 Å². The molecule has 0 radical (unpaired) electrons. The number of amides is 3. The molecule has 3 aliphatic heterocycles. The van der Waals surface area contributed by atoms with Gasteiger partial charge in [0.15, 0.2) is 0 Å². The van der Waals surface area contributed by atoms with E-state index < -0.39 is 41.4 Å².